The number of phenolic OH excluding ortho intramolecular Hbond substituents is 1. The number of phenols is 1. The second kappa shape index (κ2) is 16.2. The predicted octanol–water partition coefficient (Wildman–Crippen LogP) is 15.3. The molecule has 0 spiro atoms. The predicted molar refractivity (Wildman–Crippen MR) is 256 cm³/mol. The first-order chi connectivity index (χ1) is 29.5. The van der Waals surface area contributed by atoms with Gasteiger partial charge in [0.05, 0.1) is 22.3 Å². The zero-order chi connectivity index (χ0) is 42.4. The van der Waals surface area contributed by atoms with Crippen molar-refractivity contribution < 1.29 is 5.11 Å². The van der Waals surface area contributed by atoms with Crippen LogP contribution in [0, 0.1) is 20.8 Å². The summed E-state index contributed by atoms with van der Waals surface area (Å²) in [5.74, 6) is 1.36. The molecule has 0 fully saturated rings. The van der Waals surface area contributed by atoms with E-state index >= 15 is 0 Å². The zero-order valence-electron chi connectivity index (χ0n) is 36.0. The lowest BCUT2D eigenvalue weighted by molar-refractivity contribution is 0.466. The number of rotatable bonds is 9. The minimum Gasteiger partial charge on any atom is -0.507 e. The van der Waals surface area contributed by atoms with Crippen molar-refractivity contribution in [2.24, 2.45) is 0 Å². The lowest BCUT2D eigenvalue weighted by Crippen LogP contribution is -2.03. The smallest absolute Gasteiger partial charge is 0.149 e. The standard InChI is InChI=1S/C57H51N3O/c1-35(2)44-31-50(36(3)4)56(61)52(32-44)57-59-55-49(19-14-20-54(55)60(57)48-27-38(6)39(7)51(34-48)42-17-12-9-13-18-42)46-28-45(40-15-10-8-11-16-40)29-47(30-46)53-33-43(25-26-58-53)41-23-21-37(5)22-24-41/h8-36,61H,1-7H3. The van der Waals surface area contributed by atoms with Crippen LogP contribution >= 0.6 is 0 Å². The summed E-state index contributed by atoms with van der Waals surface area (Å²) in [5, 5.41) is 12.2. The average molecular weight is 794 g/mol. The van der Waals surface area contributed by atoms with Crippen molar-refractivity contribution in [3.05, 3.63) is 192 Å². The third-order valence-electron chi connectivity index (χ3n) is 12.2. The van der Waals surface area contributed by atoms with Gasteiger partial charge in [-0.2, -0.15) is 0 Å². The number of para-hydroxylation sites is 1. The van der Waals surface area contributed by atoms with E-state index in [1.807, 2.05) is 6.20 Å². The Bertz CT molecular complexity index is 3050. The van der Waals surface area contributed by atoms with E-state index in [1.165, 1.54) is 27.8 Å². The van der Waals surface area contributed by atoms with Gasteiger partial charge >= 0.3 is 0 Å². The number of nitrogens with zero attached hydrogens (tertiary/aromatic N) is 3. The minimum absolute atomic E-state index is 0.120. The maximum atomic E-state index is 12.2. The van der Waals surface area contributed by atoms with E-state index in [1.54, 1.807) is 0 Å². The van der Waals surface area contributed by atoms with Crippen LogP contribution in [0.3, 0.4) is 0 Å². The number of pyridine rings is 1. The zero-order valence-corrected chi connectivity index (χ0v) is 36.0. The van der Waals surface area contributed by atoms with Crippen molar-refractivity contribution in [2.45, 2.75) is 60.3 Å². The number of aromatic nitrogens is 3. The molecule has 9 rings (SSSR count). The van der Waals surface area contributed by atoms with Crippen molar-refractivity contribution in [2.75, 3.05) is 0 Å². The molecule has 0 saturated carbocycles. The summed E-state index contributed by atoms with van der Waals surface area (Å²) < 4.78 is 2.26. The fourth-order valence-corrected chi connectivity index (χ4v) is 8.53. The fourth-order valence-electron chi connectivity index (χ4n) is 8.53. The molecule has 2 aromatic heterocycles. The first-order valence-corrected chi connectivity index (χ1v) is 21.3. The number of hydrogen-bond donors (Lipinski definition) is 1. The summed E-state index contributed by atoms with van der Waals surface area (Å²) in [7, 11) is 0. The van der Waals surface area contributed by atoms with Crippen LogP contribution in [-0.4, -0.2) is 19.6 Å². The Morgan fingerprint density at radius 3 is 1.89 bits per heavy atom. The van der Waals surface area contributed by atoms with Crippen molar-refractivity contribution in [3.63, 3.8) is 0 Å². The number of hydrogen-bond acceptors (Lipinski definition) is 3. The molecule has 61 heavy (non-hydrogen) atoms. The average Bonchev–Trinajstić information content (AvgIpc) is 3.67. The van der Waals surface area contributed by atoms with Crippen LogP contribution in [0.15, 0.2) is 164 Å². The van der Waals surface area contributed by atoms with Crippen molar-refractivity contribution in [3.8, 4) is 78.6 Å². The van der Waals surface area contributed by atoms with E-state index in [-0.39, 0.29) is 17.6 Å². The van der Waals surface area contributed by atoms with E-state index in [0.29, 0.717) is 5.82 Å². The maximum Gasteiger partial charge on any atom is 0.149 e. The molecule has 0 saturated heterocycles. The van der Waals surface area contributed by atoms with Crippen molar-refractivity contribution in [1.82, 2.24) is 14.5 Å². The van der Waals surface area contributed by atoms with E-state index in [2.05, 4.69) is 211 Å². The van der Waals surface area contributed by atoms with Gasteiger partial charge in [-0.1, -0.05) is 136 Å². The molecule has 0 aliphatic rings. The molecule has 1 N–H and O–H groups in total. The third-order valence-corrected chi connectivity index (χ3v) is 12.2. The number of imidazole rings is 1. The highest BCUT2D eigenvalue weighted by molar-refractivity contribution is 5.98. The molecule has 0 amide bonds. The quantitative estimate of drug-likeness (QED) is 0.158. The van der Waals surface area contributed by atoms with Gasteiger partial charge < -0.3 is 5.11 Å². The SMILES string of the molecule is Cc1ccc(-c2ccnc(-c3cc(-c4ccccc4)cc(-c4cccc5c4nc(-c4cc(C(C)C)cc(C(C)C)c4O)n5-c4cc(C)c(C)c(-c5ccccc5)c4)c3)c2)cc1. The summed E-state index contributed by atoms with van der Waals surface area (Å²) in [6, 6.07) is 56.1. The molecular formula is C57H51N3O. The van der Waals surface area contributed by atoms with Gasteiger partial charge in [-0.15, -0.1) is 0 Å². The highest BCUT2D eigenvalue weighted by Gasteiger charge is 2.24. The van der Waals surface area contributed by atoms with Gasteiger partial charge in [-0.25, -0.2) is 4.98 Å². The Morgan fingerprint density at radius 2 is 1.18 bits per heavy atom. The molecule has 300 valence electrons. The number of aryl methyl sites for hydroxylation is 2. The van der Waals surface area contributed by atoms with Crippen LogP contribution in [0.1, 0.15) is 67.3 Å². The normalized spacial score (nSPS) is 11.6. The van der Waals surface area contributed by atoms with E-state index in [9.17, 15) is 5.11 Å². The first kappa shape index (κ1) is 39.4. The Kier molecular flexibility index (Phi) is 10.5. The lowest BCUT2D eigenvalue weighted by atomic mass is 9.91. The first-order valence-electron chi connectivity index (χ1n) is 21.3. The van der Waals surface area contributed by atoms with Crippen molar-refractivity contribution in [1.29, 1.82) is 0 Å². The molecule has 0 aliphatic carbocycles. The number of fused-ring (bicyclic) bond motifs is 1. The molecule has 9 aromatic rings. The summed E-state index contributed by atoms with van der Waals surface area (Å²) >= 11 is 0. The Labute approximate surface area is 359 Å². The topological polar surface area (TPSA) is 50.9 Å². The lowest BCUT2D eigenvalue weighted by Gasteiger charge is -2.19. The Balaban J connectivity index is 1.32. The molecule has 7 aromatic carbocycles. The summed E-state index contributed by atoms with van der Waals surface area (Å²) in [6.45, 7) is 15.2. The summed E-state index contributed by atoms with van der Waals surface area (Å²) in [6.07, 6.45) is 1.91. The molecule has 0 atom stereocenters. The Hall–Kier alpha value is -7.04. The van der Waals surface area contributed by atoms with Gasteiger partial charge in [0, 0.05) is 23.0 Å². The molecule has 0 unspecified atom stereocenters. The highest BCUT2D eigenvalue weighted by atomic mass is 16.3. The Morgan fingerprint density at radius 1 is 0.508 bits per heavy atom. The van der Waals surface area contributed by atoms with Crippen LogP contribution in [0.5, 0.6) is 5.75 Å². The maximum absolute atomic E-state index is 12.2. The van der Waals surface area contributed by atoms with Gasteiger partial charge in [-0.3, -0.25) is 9.55 Å². The van der Waals surface area contributed by atoms with E-state index in [4.69, 9.17) is 9.97 Å². The number of benzene rings is 7. The van der Waals surface area contributed by atoms with E-state index in [0.717, 1.165) is 78.0 Å². The largest absolute Gasteiger partial charge is 0.507 e. The van der Waals surface area contributed by atoms with Crippen LogP contribution in [-0.2, 0) is 0 Å². The molecule has 0 aliphatic heterocycles. The van der Waals surface area contributed by atoms with Gasteiger partial charge in [0.15, 0.2) is 0 Å². The second-order valence-electron chi connectivity index (χ2n) is 17.0. The monoisotopic (exact) mass is 793 g/mol. The summed E-state index contributed by atoms with van der Waals surface area (Å²) in [4.78, 5) is 10.5. The summed E-state index contributed by atoms with van der Waals surface area (Å²) in [5.41, 5.74) is 20.1. The van der Waals surface area contributed by atoms with Crippen molar-refractivity contribution >= 4 is 11.0 Å². The number of aromatic hydroxyl groups is 1. The molecule has 0 bridgehead atoms. The second-order valence-corrected chi connectivity index (χ2v) is 17.0. The third kappa shape index (κ3) is 7.55. The molecule has 4 nitrogen and oxygen atoms in total. The van der Waals surface area contributed by atoms with Gasteiger partial charge in [-0.05, 0) is 148 Å². The van der Waals surface area contributed by atoms with Gasteiger partial charge in [0.25, 0.3) is 0 Å². The van der Waals surface area contributed by atoms with Crippen LogP contribution in [0.2, 0.25) is 0 Å². The van der Waals surface area contributed by atoms with Crippen LogP contribution < -0.4 is 0 Å². The van der Waals surface area contributed by atoms with E-state index < -0.39 is 0 Å². The molecule has 2 heterocycles. The fraction of sp³-hybridized carbons (Fsp3) is 0.158. The molecular weight excluding hydrogens is 743 g/mol. The molecule has 0 radical (unpaired) electrons. The van der Waals surface area contributed by atoms with Crippen LogP contribution in [0.4, 0.5) is 0 Å². The highest BCUT2D eigenvalue weighted by Crippen LogP contribution is 2.44. The van der Waals surface area contributed by atoms with Gasteiger partial charge in [0.1, 0.15) is 11.6 Å². The minimum atomic E-state index is 0.120. The van der Waals surface area contributed by atoms with Crippen LogP contribution in [0.25, 0.3) is 83.9 Å². The molecule has 4 heteroatoms. The van der Waals surface area contributed by atoms with Gasteiger partial charge in [0.2, 0.25) is 0 Å².